The molecule has 3 aromatic carbocycles. The van der Waals surface area contributed by atoms with Gasteiger partial charge in [-0.25, -0.2) is 0 Å². The molecule has 3 rings (SSSR count). The Bertz CT molecular complexity index is 985. The van der Waals surface area contributed by atoms with Crippen LogP contribution in [0.1, 0.15) is 35.6 Å². The van der Waals surface area contributed by atoms with E-state index >= 15 is 0 Å². The minimum atomic E-state index is -0.568. The number of hydrogen-bond donors (Lipinski definition) is 1. The first-order valence-corrected chi connectivity index (χ1v) is 11.3. The minimum absolute atomic E-state index is 0.0124. The molecular weight excluding hydrogens is 396 g/mol. The summed E-state index contributed by atoms with van der Waals surface area (Å²) in [6.07, 6.45) is 1.49. The summed E-state index contributed by atoms with van der Waals surface area (Å²) in [5.74, 6) is -0.127. The van der Waals surface area contributed by atoms with E-state index in [1.54, 1.807) is 4.90 Å². The van der Waals surface area contributed by atoms with Crippen LogP contribution in [-0.4, -0.2) is 29.3 Å². The summed E-state index contributed by atoms with van der Waals surface area (Å²) < 4.78 is 0. The number of aryl methyl sites for hydroxylation is 2. The largest absolute Gasteiger partial charge is 0.355 e. The van der Waals surface area contributed by atoms with Gasteiger partial charge in [-0.15, -0.1) is 0 Å². The second kappa shape index (κ2) is 11.8. The predicted molar refractivity (Wildman–Crippen MR) is 129 cm³/mol. The van der Waals surface area contributed by atoms with Crippen molar-refractivity contribution in [2.75, 3.05) is 6.54 Å². The monoisotopic (exact) mass is 428 g/mol. The first-order valence-electron chi connectivity index (χ1n) is 11.3. The van der Waals surface area contributed by atoms with E-state index in [4.69, 9.17) is 0 Å². The zero-order valence-corrected chi connectivity index (χ0v) is 19.0. The number of likely N-dealkylation sites (N-methyl/N-ethyl adjacent to an activating group) is 1. The molecule has 0 saturated carbocycles. The van der Waals surface area contributed by atoms with E-state index in [9.17, 15) is 9.59 Å². The van der Waals surface area contributed by atoms with E-state index in [0.29, 0.717) is 32.4 Å². The highest BCUT2D eigenvalue weighted by Crippen LogP contribution is 2.17. The maximum Gasteiger partial charge on any atom is 0.243 e. The fourth-order valence-electron chi connectivity index (χ4n) is 3.78. The third kappa shape index (κ3) is 6.81. The smallest absolute Gasteiger partial charge is 0.243 e. The molecule has 32 heavy (non-hydrogen) atoms. The summed E-state index contributed by atoms with van der Waals surface area (Å²) in [6.45, 7) is 4.88. The van der Waals surface area contributed by atoms with Gasteiger partial charge in [0.25, 0.3) is 0 Å². The summed E-state index contributed by atoms with van der Waals surface area (Å²) in [5.41, 5.74) is 4.34. The van der Waals surface area contributed by atoms with Gasteiger partial charge in [-0.3, -0.25) is 9.59 Å². The van der Waals surface area contributed by atoms with Gasteiger partial charge >= 0.3 is 0 Å². The molecule has 1 atom stereocenters. The molecule has 0 aromatic heterocycles. The summed E-state index contributed by atoms with van der Waals surface area (Å²) in [4.78, 5) is 28.3. The summed E-state index contributed by atoms with van der Waals surface area (Å²) in [5, 5.41) is 2.94. The lowest BCUT2D eigenvalue weighted by Gasteiger charge is -2.31. The van der Waals surface area contributed by atoms with E-state index in [2.05, 4.69) is 5.32 Å². The van der Waals surface area contributed by atoms with Crippen molar-refractivity contribution in [2.24, 2.45) is 0 Å². The van der Waals surface area contributed by atoms with Crippen LogP contribution in [-0.2, 0) is 29.0 Å². The summed E-state index contributed by atoms with van der Waals surface area (Å²) in [7, 11) is 0. The Hall–Kier alpha value is -3.40. The number of nitrogens with zero attached hydrogens (tertiary/aromatic N) is 1. The number of carbonyl (C=O) groups excluding carboxylic acids is 2. The Balaban J connectivity index is 1.87. The van der Waals surface area contributed by atoms with Crippen LogP contribution in [0.5, 0.6) is 0 Å². The number of carbonyl (C=O) groups is 2. The molecule has 0 aliphatic rings. The lowest BCUT2D eigenvalue weighted by Crippen LogP contribution is -2.50. The molecule has 0 heterocycles. The zero-order chi connectivity index (χ0) is 22.8. The van der Waals surface area contributed by atoms with Crippen molar-refractivity contribution in [1.29, 1.82) is 0 Å². The van der Waals surface area contributed by atoms with E-state index in [-0.39, 0.29) is 11.8 Å². The predicted octanol–water partition coefficient (Wildman–Crippen LogP) is 4.70. The molecule has 0 aliphatic carbocycles. The maximum atomic E-state index is 13.5. The molecule has 0 saturated heterocycles. The van der Waals surface area contributed by atoms with Crippen molar-refractivity contribution in [3.63, 3.8) is 0 Å². The van der Waals surface area contributed by atoms with Gasteiger partial charge in [0, 0.05) is 25.9 Å². The third-order valence-electron chi connectivity index (χ3n) is 5.57. The van der Waals surface area contributed by atoms with Gasteiger partial charge in [0.15, 0.2) is 0 Å². The molecule has 0 unspecified atom stereocenters. The van der Waals surface area contributed by atoms with Gasteiger partial charge in [-0.2, -0.15) is 0 Å². The number of rotatable bonds is 10. The highest BCUT2D eigenvalue weighted by atomic mass is 16.2. The Kier molecular flexibility index (Phi) is 8.61. The molecule has 166 valence electrons. The van der Waals surface area contributed by atoms with Gasteiger partial charge in [-0.05, 0) is 37.0 Å². The van der Waals surface area contributed by atoms with Crippen LogP contribution >= 0.6 is 0 Å². The van der Waals surface area contributed by atoms with Crippen molar-refractivity contribution in [3.8, 4) is 0 Å². The Morgan fingerprint density at radius 3 is 2.00 bits per heavy atom. The Labute approximate surface area is 191 Å². The van der Waals surface area contributed by atoms with Crippen LogP contribution in [0.25, 0.3) is 0 Å². The van der Waals surface area contributed by atoms with E-state index in [1.165, 1.54) is 5.56 Å². The Morgan fingerprint density at radius 2 is 1.41 bits per heavy atom. The van der Waals surface area contributed by atoms with Crippen molar-refractivity contribution in [3.05, 3.63) is 107 Å². The number of amides is 2. The number of hydrogen-bond acceptors (Lipinski definition) is 2. The molecule has 2 amide bonds. The fourth-order valence-corrected chi connectivity index (χ4v) is 3.78. The van der Waals surface area contributed by atoms with Crippen molar-refractivity contribution >= 4 is 11.8 Å². The highest BCUT2D eigenvalue weighted by Gasteiger charge is 2.29. The van der Waals surface area contributed by atoms with Gasteiger partial charge in [0.05, 0.1) is 0 Å². The molecule has 0 radical (unpaired) electrons. The molecule has 0 aliphatic heterocycles. The SMILES string of the molecule is CCNC(=O)[C@H](Cc1ccccc1)N(Cc1ccc(C)cc1)C(=O)CCc1ccccc1. The van der Waals surface area contributed by atoms with E-state index < -0.39 is 6.04 Å². The lowest BCUT2D eigenvalue weighted by atomic mass is 10.0. The molecule has 0 fully saturated rings. The molecule has 1 N–H and O–H groups in total. The van der Waals surface area contributed by atoms with Gasteiger partial charge < -0.3 is 10.2 Å². The van der Waals surface area contributed by atoms with E-state index in [1.807, 2.05) is 98.8 Å². The van der Waals surface area contributed by atoms with Crippen LogP contribution in [0.15, 0.2) is 84.9 Å². The second-order valence-corrected chi connectivity index (χ2v) is 8.09. The Morgan fingerprint density at radius 1 is 0.812 bits per heavy atom. The van der Waals surface area contributed by atoms with Crippen LogP contribution in [0.2, 0.25) is 0 Å². The number of benzene rings is 3. The molecular formula is C28H32N2O2. The number of nitrogens with one attached hydrogen (secondary N) is 1. The molecule has 0 bridgehead atoms. The molecule has 3 aromatic rings. The fraction of sp³-hybridized carbons (Fsp3) is 0.286. The van der Waals surface area contributed by atoms with Crippen LogP contribution < -0.4 is 5.32 Å². The van der Waals surface area contributed by atoms with Crippen molar-refractivity contribution in [1.82, 2.24) is 10.2 Å². The maximum absolute atomic E-state index is 13.5. The topological polar surface area (TPSA) is 49.4 Å². The molecule has 4 nitrogen and oxygen atoms in total. The molecule has 4 heteroatoms. The second-order valence-electron chi connectivity index (χ2n) is 8.09. The zero-order valence-electron chi connectivity index (χ0n) is 19.0. The quantitative estimate of drug-likeness (QED) is 0.509. The van der Waals surface area contributed by atoms with Crippen LogP contribution in [0, 0.1) is 6.92 Å². The molecule has 0 spiro atoms. The summed E-state index contributed by atoms with van der Waals surface area (Å²) in [6, 6.07) is 27.5. The van der Waals surface area contributed by atoms with Crippen molar-refractivity contribution in [2.45, 2.75) is 45.7 Å². The van der Waals surface area contributed by atoms with Crippen LogP contribution in [0.3, 0.4) is 0 Å². The lowest BCUT2D eigenvalue weighted by molar-refractivity contribution is -0.141. The first-order chi connectivity index (χ1) is 15.6. The van der Waals surface area contributed by atoms with Crippen LogP contribution in [0.4, 0.5) is 0 Å². The third-order valence-corrected chi connectivity index (χ3v) is 5.57. The normalized spacial score (nSPS) is 11.6. The standard InChI is InChI=1S/C28H32N2O2/c1-3-29-28(32)26(20-24-12-8-5-9-13-24)30(21-25-16-14-22(2)15-17-25)27(31)19-18-23-10-6-4-7-11-23/h4-17,26H,3,18-21H2,1-2H3,(H,29,32)/t26-/m0/s1. The minimum Gasteiger partial charge on any atom is -0.355 e. The van der Waals surface area contributed by atoms with Gasteiger partial charge in [0.2, 0.25) is 11.8 Å². The highest BCUT2D eigenvalue weighted by molar-refractivity contribution is 5.88. The van der Waals surface area contributed by atoms with Crippen molar-refractivity contribution < 1.29 is 9.59 Å². The average molecular weight is 429 g/mol. The van der Waals surface area contributed by atoms with Gasteiger partial charge in [0.1, 0.15) is 6.04 Å². The summed E-state index contributed by atoms with van der Waals surface area (Å²) >= 11 is 0. The van der Waals surface area contributed by atoms with Gasteiger partial charge in [-0.1, -0.05) is 90.5 Å². The first kappa shape index (κ1) is 23.3. The average Bonchev–Trinajstić information content (AvgIpc) is 2.82. The van der Waals surface area contributed by atoms with E-state index in [0.717, 1.165) is 16.7 Å².